The zero-order valence-electron chi connectivity index (χ0n) is 13.2. The van der Waals surface area contributed by atoms with E-state index in [2.05, 4.69) is 37.4 Å². The Morgan fingerprint density at radius 1 is 1.10 bits per heavy atom. The van der Waals surface area contributed by atoms with Gasteiger partial charge < -0.3 is 14.8 Å². The molecule has 0 aromatic heterocycles. The molecule has 116 valence electrons. The minimum Gasteiger partial charge on any atom is -0.490 e. The van der Waals surface area contributed by atoms with Crippen LogP contribution < -0.4 is 14.8 Å². The fourth-order valence-corrected chi connectivity index (χ4v) is 3.52. The lowest BCUT2D eigenvalue weighted by molar-refractivity contribution is 0.297. The summed E-state index contributed by atoms with van der Waals surface area (Å²) < 4.78 is 11.6. The second-order valence-corrected chi connectivity index (χ2v) is 6.62. The third-order valence-electron chi connectivity index (χ3n) is 4.65. The molecule has 1 saturated carbocycles. The van der Waals surface area contributed by atoms with Crippen LogP contribution in [0.1, 0.15) is 51.0 Å². The highest BCUT2D eigenvalue weighted by Crippen LogP contribution is 2.42. The highest BCUT2D eigenvalue weighted by molar-refractivity contribution is 5.44. The smallest absolute Gasteiger partial charge is 0.161 e. The fraction of sp³-hybridized carbons (Fsp3) is 0.667. The quantitative estimate of drug-likeness (QED) is 0.916. The average molecular weight is 289 g/mol. The standard InChI is InChI=1S/C18H27NO2/c1-13(2)19-12-15-5-3-6-16(15)14-7-8-17-18(11-14)21-10-4-9-20-17/h7-8,11,13,15-16,19H,3-6,9-10,12H2,1-2H3. The van der Waals surface area contributed by atoms with E-state index in [1.54, 1.807) is 0 Å². The van der Waals surface area contributed by atoms with Crippen LogP contribution in [0.25, 0.3) is 0 Å². The van der Waals surface area contributed by atoms with Crippen molar-refractivity contribution in [2.45, 2.75) is 51.5 Å². The number of fused-ring (bicyclic) bond motifs is 1. The monoisotopic (exact) mass is 289 g/mol. The van der Waals surface area contributed by atoms with Gasteiger partial charge in [-0.1, -0.05) is 26.3 Å². The third kappa shape index (κ3) is 3.52. The molecular weight excluding hydrogens is 262 g/mol. The van der Waals surface area contributed by atoms with Gasteiger partial charge in [0.2, 0.25) is 0 Å². The van der Waals surface area contributed by atoms with Gasteiger partial charge >= 0.3 is 0 Å². The number of rotatable bonds is 4. The molecule has 1 fully saturated rings. The Balaban J connectivity index is 1.74. The second-order valence-electron chi connectivity index (χ2n) is 6.62. The molecule has 1 aromatic carbocycles. The fourth-order valence-electron chi connectivity index (χ4n) is 3.52. The Kier molecular flexibility index (Phi) is 4.69. The molecule has 3 nitrogen and oxygen atoms in total. The molecule has 21 heavy (non-hydrogen) atoms. The Morgan fingerprint density at radius 3 is 2.71 bits per heavy atom. The molecule has 3 heteroatoms. The normalized spacial score (nSPS) is 25.1. The number of ether oxygens (including phenoxy) is 2. The van der Waals surface area contributed by atoms with Gasteiger partial charge in [0.05, 0.1) is 13.2 Å². The highest BCUT2D eigenvalue weighted by atomic mass is 16.5. The van der Waals surface area contributed by atoms with E-state index in [-0.39, 0.29) is 0 Å². The van der Waals surface area contributed by atoms with Crippen molar-refractivity contribution in [2.75, 3.05) is 19.8 Å². The summed E-state index contributed by atoms with van der Waals surface area (Å²) >= 11 is 0. The van der Waals surface area contributed by atoms with E-state index >= 15 is 0 Å². The van der Waals surface area contributed by atoms with Crippen molar-refractivity contribution in [3.05, 3.63) is 23.8 Å². The lowest BCUT2D eigenvalue weighted by atomic mass is 9.88. The molecule has 0 saturated heterocycles. The van der Waals surface area contributed by atoms with Crippen molar-refractivity contribution in [3.63, 3.8) is 0 Å². The van der Waals surface area contributed by atoms with E-state index in [9.17, 15) is 0 Å². The van der Waals surface area contributed by atoms with Crippen LogP contribution in [0.4, 0.5) is 0 Å². The highest BCUT2D eigenvalue weighted by Gasteiger charge is 2.29. The van der Waals surface area contributed by atoms with Crippen molar-refractivity contribution in [1.82, 2.24) is 5.32 Å². The molecule has 0 spiro atoms. The summed E-state index contributed by atoms with van der Waals surface area (Å²) in [6, 6.07) is 7.13. The van der Waals surface area contributed by atoms with E-state index < -0.39 is 0 Å². The van der Waals surface area contributed by atoms with Crippen LogP contribution in [0.15, 0.2) is 18.2 Å². The first kappa shape index (κ1) is 14.7. The zero-order chi connectivity index (χ0) is 14.7. The van der Waals surface area contributed by atoms with Gasteiger partial charge in [0.25, 0.3) is 0 Å². The second kappa shape index (κ2) is 6.69. The predicted molar refractivity (Wildman–Crippen MR) is 85.3 cm³/mol. The summed E-state index contributed by atoms with van der Waals surface area (Å²) in [7, 11) is 0. The summed E-state index contributed by atoms with van der Waals surface area (Å²) in [5.74, 6) is 3.25. The van der Waals surface area contributed by atoms with Crippen molar-refractivity contribution in [3.8, 4) is 11.5 Å². The van der Waals surface area contributed by atoms with Crippen molar-refractivity contribution in [1.29, 1.82) is 0 Å². The van der Waals surface area contributed by atoms with Crippen molar-refractivity contribution < 1.29 is 9.47 Å². The maximum Gasteiger partial charge on any atom is 0.161 e. The minimum atomic E-state index is 0.565. The molecule has 1 heterocycles. The predicted octanol–water partition coefficient (Wildman–Crippen LogP) is 3.73. The first-order chi connectivity index (χ1) is 10.2. The van der Waals surface area contributed by atoms with Gasteiger partial charge in [-0.15, -0.1) is 0 Å². The summed E-state index contributed by atoms with van der Waals surface area (Å²) in [5, 5.41) is 3.60. The lowest BCUT2D eigenvalue weighted by Crippen LogP contribution is -2.30. The molecule has 3 rings (SSSR count). The van der Waals surface area contributed by atoms with Gasteiger partial charge in [0, 0.05) is 12.5 Å². The Bertz CT molecular complexity index is 472. The van der Waals surface area contributed by atoms with Crippen LogP contribution in [0.3, 0.4) is 0 Å². The molecule has 1 N–H and O–H groups in total. The van der Waals surface area contributed by atoms with Crippen molar-refractivity contribution >= 4 is 0 Å². The molecule has 1 aliphatic heterocycles. The molecule has 2 aliphatic rings. The molecular formula is C18H27NO2. The van der Waals surface area contributed by atoms with Crippen molar-refractivity contribution in [2.24, 2.45) is 5.92 Å². The molecule has 0 bridgehead atoms. The van der Waals surface area contributed by atoms with Gasteiger partial charge in [0.1, 0.15) is 0 Å². The first-order valence-corrected chi connectivity index (χ1v) is 8.37. The maximum atomic E-state index is 5.84. The first-order valence-electron chi connectivity index (χ1n) is 8.37. The molecule has 2 atom stereocenters. The molecule has 0 radical (unpaired) electrons. The molecule has 1 aromatic rings. The Morgan fingerprint density at radius 2 is 1.90 bits per heavy atom. The number of hydrogen-bond donors (Lipinski definition) is 1. The lowest BCUT2D eigenvalue weighted by Gasteiger charge is -2.22. The van der Waals surface area contributed by atoms with Gasteiger partial charge in [-0.2, -0.15) is 0 Å². The third-order valence-corrected chi connectivity index (χ3v) is 4.65. The van der Waals surface area contributed by atoms with Crippen LogP contribution in [-0.2, 0) is 0 Å². The van der Waals surface area contributed by atoms with Gasteiger partial charge in [-0.05, 0) is 48.9 Å². The zero-order valence-corrected chi connectivity index (χ0v) is 13.2. The number of benzene rings is 1. The van der Waals surface area contributed by atoms with Crippen LogP contribution in [0.5, 0.6) is 11.5 Å². The van der Waals surface area contributed by atoms with Gasteiger partial charge in [0.15, 0.2) is 11.5 Å². The van der Waals surface area contributed by atoms with Gasteiger partial charge in [-0.25, -0.2) is 0 Å². The number of nitrogens with one attached hydrogen (secondary N) is 1. The number of hydrogen-bond acceptors (Lipinski definition) is 3. The van der Waals surface area contributed by atoms with Crippen LogP contribution >= 0.6 is 0 Å². The minimum absolute atomic E-state index is 0.565. The Hall–Kier alpha value is -1.22. The van der Waals surface area contributed by atoms with Crippen LogP contribution in [-0.4, -0.2) is 25.8 Å². The van der Waals surface area contributed by atoms with Crippen LogP contribution in [0.2, 0.25) is 0 Å². The maximum absolute atomic E-state index is 5.84. The van der Waals surface area contributed by atoms with E-state index in [1.807, 2.05) is 0 Å². The molecule has 2 unspecified atom stereocenters. The van der Waals surface area contributed by atoms with Gasteiger partial charge in [-0.3, -0.25) is 0 Å². The summed E-state index contributed by atoms with van der Waals surface area (Å²) in [5.41, 5.74) is 1.42. The topological polar surface area (TPSA) is 30.5 Å². The average Bonchev–Trinajstić information content (AvgIpc) is 2.82. The van der Waals surface area contributed by atoms with E-state index in [0.717, 1.165) is 43.6 Å². The van der Waals surface area contributed by atoms with Crippen LogP contribution in [0, 0.1) is 5.92 Å². The van der Waals surface area contributed by atoms with E-state index in [4.69, 9.17) is 9.47 Å². The summed E-state index contributed by atoms with van der Waals surface area (Å²) in [6.07, 6.45) is 4.93. The SMILES string of the molecule is CC(C)NCC1CCCC1c1ccc2c(c1)OCCCO2. The summed E-state index contributed by atoms with van der Waals surface area (Å²) in [6.45, 7) is 7.09. The van der Waals surface area contributed by atoms with E-state index in [1.165, 1.54) is 24.8 Å². The largest absolute Gasteiger partial charge is 0.490 e. The Labute approximate surface area is 128 Å². The molecule has 1 aliphatic carbocycles. The molecule has 0 amide bonds. The van der Waals surface area contributed by atoms with E-state index in [0.29, 0.717) is 12.0 Å². The summed E-state index contributed by atoms with van der Waals surface area (Å²) in [4.78, 5) is 0.